The molecule has 5 nitrogen and oxygen atoms in total. The number of halogens is 3. The van der Waals surface area contributed by atoms with Crippen LogP contribution in [0.1, 0.15) is 10.4 Å². The van der Waals surface area contributed by atoms with Crippen LogP contribution in [-0.4, -0.2) is 25.2 Å². The van der Waals surface area contributed by atoms with E-state index in [4.69, 9.17) is 33.7 Å². The number of amides is 2. The Morgan fingerprint density at radius 2 is 1.88 bits per heavy atom. The van der Waals surface area contributed by atoms with Crippen molar-refractivity contribution in [3.8, 4) is 0 Å². The Kier molecular flexibility index (Phi) is 6.48. The monoisotopic (exact) mass is 430 g/mol. The van der Waals surface area contributed by atoms with Gasteiger partial charge >= 0.3 is 6.09 Å². The van der Waals surface area contributed by atoms with Gasteiger partial charge in [0.1, 0.15) is 6.61 Å². The average molecular weight is 432 g/mol. The lowest BCUT2D eigenvalue weighted by Crippen LogP contribution is -2.35. The van der Waals surface area contributed by atoms with Crippen LogP contribution in [0, 0.1) is 0 Å². The molecule has 0 unspecified atom stereocenters. The molecule has 126 valence electrons. The number of nitrogens with two attached hydrogens (primary N) is 1. The van der Waals surface area contributed by atoms with Gasteiger partial charge in [-0.1, -0.05) is 35.3 Å². The summed E-state index contributed by atoms with van der Waals surface area (Å²) in [6.45, 7) is 0.0228. The number of hydrogen-bond acceptors (Lipinski definition) is 3. The molecule has 8 heteroatoms. The summed E-state index contributed by atoms with van der Waals surface area (Å²) < 4.78 is 5.33. The third kappa shape index (κ3) is 4.63. The van der Waals surface area contributed by atoms with Crippen LogP contribution < -0.4 is 10.6 Å². The van der Waals surface area contributed by atoms with Crippen molar-refractivity contribution in [1.82, 2.24) is 0 Å². The Morgan fingerprint density at radius 1 is 1.17 bits per heavy atom. The normalized spacial score (nSPS) is 10.3. The number of anilines is 1. The van der Waals surface area contributed by atoms with Crippen LogP contribution in [0.3, 0.4) is 0 Å². The lowest BCUT2D eigenvalue weighted by molar-refractivity contribution is 0.0974. The van der Waals surface area contributed by atoms with E-state index in [1.54, 1.807) is 42.5 Å². The molecule has 0 aliphatic carbocycles. The third-order valence-corrected chi connectivity index (χ3v) is 4.35. The van der Waals surface area contributed by atoms with Gasteiger partial charge in [-0.15, -0.1) is 0 Å². The van der Waals surface area contributed by atoms with Gasteiger partial charge in [0.05, 0.1) is 22.8 Å². The molecule has 0 spiro atoms. The molecule has 2 amide bonds. The topological polar surface area (TPSA) is 72.6 Å². The summed E-state index contributed by atoms with van der Waals surface area (Å²) in [5.74, 6) is -0.342. The number of nitrogens with zero attached hydrogens (tertiary/aromatic N) is 1. The van der Waals surface area contributed by atoms with Crippen LogP contribution in [0.25, 0.3) is 0 Å². The molecule has 24 heavy (non-hydrogen) atoms. The second-order valence-corrected chi connectivity index (χ2v) is 6.40. The van der Waals surface area contributed by atoms with E-state index in [1.165, 1.54) is 4.90 Å². The Balaban J connectivity index is 2.37. The Bertz CT molecular complexity index is 771. The van der Waals surface area contributed by atoms with E-state index in [1.807, 2.05) is 0 Å². The van der Waals surface area contributed by atoms with Crippen molar-refractivity contribution >= 4 is 56.8 Å². The molecule has 2 aromatic rings. The predicted molar refractivity (Wildman–Crippen MR) is 97.8 cm³/mol. The van der Waals surface area contributed by atoms with Gasteiger partial charge in [-0.2, -0.15) is 0 Å². The summed E-state index contributed by atoms with van der Waals surface area (Å²) in [6, 6.07) is 11.8. The van der Waals surface area contributed by atoms with Gasteiger partial charge in [0.25, 0.3) is 5.91 Å². The van der Waals surface area contributed by atoms with E-state index in [0.717, 1.165) is 0 Å². The highest BCUT2D eigenvalue weighted by molar-refractivity contribution is 9.10. The molecule has 0 saturated carbocycles. The van der Waals surface area contributed by atoms with Gasteiger partial charge in [0.15, 0.2) is 0 Å². The highest BCUT2D eigenvalue weighted by Gasteiger charge is 2.22. The minimum atomic E-state index is -0.912. The minimum Gasteiger partial charge on any atom is -0.448 e. The highest BCUT2D eigenvalue weighted by Crippen LogP contribution is 2.29. The second kappa shape index (κ2) is 8.37. The summed E-state index contributed by atoms with van der Waals surface area (Å²) in [5, 5.41) is 0.817. The fourth-order valence-corrected chi connectivity index (χ4v) is 2.87. The van der Waals surface area contributed by atoms with Gasteiger partial charge in [-0.3, -0.25) is 4.79 Å². The van der Waals surface area contributed by atoms with Gasteiger partial charge in [0, 0.05) is 9.50 Å². The smallest absolute Gasteiger partial charge is 0.404 e. The van der Waals surface area contributed by atoms with Crippen molar-refractivity contribution in [2.75, 3.05) is 18.1 Å². The van der Waals surface area contributed by atoms with Crippen LogP contribution in [0.5, 0.6) is 0 Å². The summed E-state index contributed by atoms with van der Waals surface area (Å²) >= 11 is 15.5. The van der Waals surface area contributed by atoms with Crippen molar-refractivity contribution in [2.45, 2.75) is 0 Å². The molecule has 0 heterocycles. The summed E-state index contributed by atoms with van der Waals surface area (Å²) in [6.07, 6.45) is -0.912. The van der Waals surface area contributed by atoms with Crippen molar-refractivity contribution in [3.63, 3.8) is 0 Å². The van der Waals surface area contributed by atoms with Crippen molar-refractivity contribution in [2.24, 2.45) is 5.73 Å². The quantitative estimate of drug-likeness (QED) is 0.757. The SMILES string of the molecule is NC(=O)OCCN(C(=O)c1cc(Cl)ccc1Br)c1ccccc1Cl. The van der Waals surface area contributed by atoms with E-state index < -0.39 is 6.09 Å². The molecule has 2 N–H and O–H groups in total. The number of ether oxygens (including phenoxy) is 1. The first-order valence-electron chi connectivity index (χ1n) is 6.84. The third-order valence-electron chi connectivity index (χ3n) is 3.11. The number of para-hydroxylation sites is 1. The largest absolute Gasteiger partial charge is 0.448 e. The molecule has 0 fully saturated rings. The molecule has 0 bridgehead atoms. The van der Waals surface area contributed by atoms with E-state index in [-0.39, 0.29) is 19.1 Å². The van der Waals surface area contributed by atoms with Gasteiger partial charge in [0.2, 0.25) is 0 Å². The average Bonchev–Trinajstić information content (AvgIpc) is 2.54. The number of hydrogen-bond donors (Lipinski definition) is 1. The maximum Gasteiger partial charge on any atom is 0.404 e. The lowest BCUT2D eigenvalue weighted by atomic mass is 10.1. The Morgan fingerprint density at radius 3 is 2.54 bits per heavy atom. The second-order valence-electron chi connectivity index (χ2n) is 4.70. The van der Waals surface area contributed by atoms with Crippen LogP contribution in [0.4, 0.5) is 10.5 Å². The van der Waals surface area contributed by atoms with Crippen LogP contribution in [0.2, 0.25) is 10.0 Å². The molecule has 2 rings (SSSR count). The first-order chi connectivity index (χ1) is 11.4. The summed E-state index contributed by atoms with van der Waals surface area (Å²) in [5.41, 5.74) is 5.82. The zero-order valence-corrected chi connectivity index (χ0v) is 15.4. The van der Waals surface area contributed by atoms with Crippen LogP contribution in [0.15, 0.2) is 46.9 Å². The molecule has 0 aliphatic rings. The molecular formula is C16H13BrCl2N2O3. The first-order valence-corrected chi connectivity index (χ1v) is 8.38. The van der Waals surface area contributed by atoms with E-state index >= 15 is 0 Å². The zero-order chi connectivity index (χ0) is 17.7. The van der Waals surface area contributed by atoms with Gasteiger partial charge in [-0.05, 0) is 46.3 Å². The number of primary amides is 1. The fourth-order valence-electron chi connectivity index (χ4n) is 2.05. The zero-order valence-electron chi connectivity index (χ0n) is 12.3. The standard InChI is InChI=1S/C16H13BrCl2N2O3/c17-12-6-5-10(18)9-11(12)15(22)21(7-8-24-16(20)23)14-4-2-1-3-13(14)19/h1-6,9H,7-8H2,(H2,20,23). The molecule has 0 atom stereocenters. The first kappa shape index (κ1) is 18.6. The van der Waals surface area contributed by atoms with Crippen molar-refractivity contribution in [3.05, 3.63) is 62.5 Å². The van der Waals surface area contributed by atoms with E-state index in [2.05, 4.69) is 15.9 Å². The van der Waals surface area contributed by atoms with Crippen molar-refractivity contribution in [1.29, 1.82) is 0 Å². The number of benzene rings is 2. The summed E-state index contributed by atoms with van der Waals surface area (Å²) in [7, 11) is 0. The molecule has 0 aliphatic heterocycles. The summed E-state index contributed by atoms with van der Waals surface area (Å²) in [4.78, 5) is 25.1. The van der Waals surface area contributed by atoms with Crippen LogP contribution in [-0.2, 0) is 4.74 Å². The highest BCUT2D eigenvalue weighted by atomic mass is 79.9. The minimum absolute atomic E-state index is 0.0650. The molecule has 2 aromatic carbocycles. The number of carbonyl (C=O) groups is 2. The number of carbonyl (C=O) groups excluding carboxylic acids is 2. The maximum absolute atomic E-state index is 13.0. The van der Waals surface area contributed by atoms with E-state index in [9.17, 15) is 9.59 Å². The Hall–Kier alpha value is -1.76. The molecule has 0 radical (unpaired) electrons. The van der Waals surface area contributed by atoms with Gasteiger partial charge in [-0.25, -0.2) is 4.79 Å². The molecular weight excluding hydrogens is 419 g/mol. The molecule has 0 aromatic heterocycles. The Labute approximate surface area is 157 Å². The fraction of sp³-hybridized carbons (Fsp3) is 0.125. The lowest BCUT2D eigenvalue weighted by Gasteiger charge is -2.24. The predicted octanol–water partition coefficient (Wildman–Crippen LogP) is 4.50. The van der Waals surface area contributed by atoms with E-state index in [0.29, 0.717) is 25.8 Å². The maximum atomic E-state index is 13.0. The van der Waals surface area contributed by atoms with Crippen LogP contribution >= 0.6 is 39.1 Å². The van der Waals surface area contributed by atoms with Crippen molar-refractivity contribution < 1.29 is 14.3 Å². The molecule has 0 saturated heterocycles. The number of rotatable bonds is 5. The van der Waals surface area contributed by atoms with Gasteiger partial charge < -0.3 is 15.4 Å².